The molecule has 0 atom stereocenters. The van der Waals surface area contributed by atoms with E-state index in [0.29, 0.717) is 16.1 Å². The Morgan fingerprint density at radius 2 is 2.17 bits per heavy atom. The van der Waals surface area contributed by atoms with Gasteiger partial charge in [-0.1, -0.05) is 11.6 Å². The van der Waals surface area contributed by atoms with Crippen molar-refractivity contribution in [3.05, 3.63) is 46.1 Å². The van der Waals surface area contributed by atoms with Crippen LogP contribution >= 0.6 is 11.6 Å². The summed E-state index contributed by atoms with van der Waals surface area (Å²) in [7, 11) is 1.83. The predicted octanol–water partition coefficient (Wildman–Crippen LogP) is 1.98. The van der Waals surface area contributed by atoms with Crippen molar-refractivity contribution in [3.8, 4) is 11.1 Å². The second-order valence-corrected chi connectivity index (χ2v) is 4.35. The van der Waals surface area contributed by atoms with Crippen molar-refractivity contribution in [1.82, 2.24) is 19.7 Å². The fraction of sp³-hybridized carbons (Fsp3) is 0.0833. The van der Waals surface area contributed by atoms with E-state index in [4.69, 9.17) is 11.6 Å². The molecule has 0 amide bonds. The highest BCUT2D eigenvalue weighted by atomic mass is 35.5. The summed E-state index contributed by atoms with van der Waals surface area (Å²) in [5, 5.41) is 4.57. The standard InChI is InChI=1S/C12H9ClN4O/c1-17-6-7(4-15-17)8-5-14-9-2-3-10(18)16-12(9)11(8)13/h2-6H,1H3,(H,16,18). The minimum atomic E-state index is -0.200. The zero-order valence-electron chi connectivity index (χ0n) is 9.51. The Morgan fingerprint density at radius 3 is 2.89 bits per heavy atom. The molecule has 3 rings (SSSR count). The summed E-state index contributed by atoms with van der Waals surface area (Å²) in [6.45, 7) is 0. The number of hydrogen-bond donors (Lipinski definition) is 1. The van der Waals surface area contributed by atoms with Crippen LogP contribution in [-0.4, -0.2) is 19.7 Å². The maximum absolute atomic E-state index is 11.3. The number of nitrogens with one attached hydrogen (secondary N) is 1. The third kappa shape index (κ3) is 1.69. The lowest BCUT2D eigenvalue weighted by Crippen LogP contribution is -2.03. The van der Waals surface area contributed by atoms with Gasteiger partial charge in [0.15, 0.2) is 0 Å². The lowest BCUT2D eigenvalue weighted by Gasteiger charge is -2.04. The van der Waals surface area contributed by atoms with Gasteiger partial charge in [0.2, 0.25) is 5.56 Å². The van der Waals surface area contributed by atoms with Crippen molar-refractivity contribution in [1.29, 1.82) is 0 Å². The minimum Gasteiger partial charge on any atom is -0.319 e. The van der Waals surface area contributed by atoms with Crippen molar-refractivity contribution in [2.24, 2.45) is 7.05 Å². The van der Waals surface area contributed by atoms with Gasteiger partial charge in [-0.25, -0.2) is 0 Å². The third-order valence-corrected chi connectivity index (χ3v) is 3.09. The Bertz CT molecular complexity index is 790. The summed E-state index contributed by atoms with van der Waals surface area (Å²) in [6.07, 6.45) is 5.23. The molecule has 0 aliphatic carbocycles. The number of pyridine rings is 2. The summed E-state index contributed by atoms with van der Waals surface area (Å²) in [6, 6.07) is 3.07. The van der Waals surface area contributed by atoms with E-state index in [1.54, 1.807) is 23.1 Å². The first-order valence-corrected chi connectivity index (χ1v) is 5.69. The molecule has 5 nitrogen and oxygen atoms in total. The molecular weight excluding hydrogens is 252 g/mol. The number of H-pyrrole nitrogens is 1. The van der Waals surface area contributed by atoms with Crippen LogP contribution < -0.4 is 5.56 Å². The number of fused-ring (bicyclic) bond motifs is 1. The molecule has 3 aromatic heterocycles. The monoisotopic (exact) mass is 260 g/mol. The van der Waals surface area contributed by atoms with Crippen LogP contribution in [0, 0.1) is 0 Å². The summed E-state index contributed by atoms with van der Waals surface area (Å²) in [5.74, 6) is 0. The predicted molar refractivity (Wildman–Crippen MR) is 69.6 cm³/mol. The Balaban J connectivity index is 2.32. The SMILES string of the molecule is Cn1cc(-c2cnc3ccc(=O)[nH]c3c2Cl)cn1. The summed E-state index contributed by atoms with van der Waals surface area (Å²) in [4.78, 5) is 18.3. The van der Waals surface area contributed by atoms with E-state index >= 15 is 0 Å². The fourth-order valence-corrected chi connectivity index (χ4v) is 2.13. The average Bonchev–Trinajstić information content (AvgIpc) is 2.77. The van der Waals surface area contributed by atoms with E-state index in [2.05, 4.69) is 15.1 Å². The van der Waals surface area contributed by atoms with E-state index in [1.165, 1.54) is 6.07 Å². The maximum Gasteiger partial charge on any atom is 0.248 e. The molecule has 6 heteroatoms. The first-order valence-electron chi connectivity index (χ1n) is 5.32. The average molecular weight is 261 g/mol. The molecule has 0 aliphatic heterocycles. The lowest BCUT2D eigenvalue weighted by atomic mass is 10.1. The molecule has 0 saturated carbocycles. The summed E-state index contributed by atoms with van der Waals surface area (Å²) >= 11 is 6.31. The van der Waals surface area contributed by atoms with Gasteiger partial charge >= 0.3 is 0 Å². The number of aromatic amines is 1. The number of hydrogen-bond acceptors (Lipinski definition) is 3. The lowest BCUT2D eigenvalue weighted by molar-refractivity contribution is 0.768. The zero-order valence-corrected chi connectivity index (χ0v) is 10.3. The number of nitrogens with zero attached hydrogens (tertiary/aromatic N) is 3. The Labute approximate surface area is 107 Å². The molecule has 18 heavy (non-hydrogen) atoms. The van der Waals surface area contributed by atoms with Gasteiger partial charge in [-0.05, 0) is 6.07 Å². The minimum absolute atomic E-state index is 0.200. The molecule has 90 valence electrons. The molecule has 1 N–H and O–H groups in total. The largest absolute Gasteiger partial charge is 0.319 e. The maximum atomic E-state index is 11.3. The smallest absolute Gasteiger partial charge is 0.248 e. The highest BCUT2D eigenvalue weighted by Crippen LogP contribution is 2.30. The van der Waals surface area contributed by atoms with E-state index in [-0.39, 0.29) is 5.56 Å². The molecule has 0 aliphatic rings. The van der Waals surface area contributed by atoms with Crippen LogP contribution in [-0.2, 0) is 7.05 Å². The number of rotatable bonds is 1. The van der Waals surface area contributed by atoms with Crippen molar-refractivity contribution in [3.63, 3.8) is 0 Å². The molecule has 0 radical (unpaired) electrons. The third-order valence-electron chi connectivity index (χ3n) is 2.70. The van der Waals surface area contributed by atoms with E-state index < -0.39 is 0 Å². The molecular formula is C12H9ClN4O. The van der Waals surface area contributed by atoms with Gasteiger partial charge < -0.3 is 4.98 Å². The van der Waals surface area contributed by atoms with Crippen LogP contribution in [0.5, 0.6) is 0 Å². The number of aromatic nitrogens is 4. The van der Waals surface area contributed by atoms with Crippen molar-refractivity contribution in [2.45, 2.75) is 0 Å². The number of halogens is 1. The Kier molecular flexibility index (Phi) is 2.41. The number of aryl methyl sites for hydroxylation is 1. The van der Waals surface area contributed by atoms with E-state index in [1.807, 2.05) is 13.2 Å². The van der Waals surface area contributed by atoms with Gasteiger partial charge in [-0.15, -0.1) is 0 Å². The van der Waals surface area contributed by atoms with Crippen LogP contribution in [0.25, 0.3) is 22.2 Å². The Morgan fingerprint density at radius 1 is 1.33 bits per heavy atom. The van der Waals surface area contributed by atoms with Crippen LogP contribution in [0.15, 0.2) is 35.5 Å². The van der Waals surface area contributed by atoms with Crippen molar-refractivity contribution >= 4 is 22.6 Å². The first kappa shape index (κ1) is 11.0. The highest BCUT2D eigenvalue weighted by Gasteiger charge is 2.10. The van der Waals surface area contributed by atoms with Crippen molar-refractivity contribution < 1.29 is 0 Å². The van der Waals surface area contributed by atoms with Gasteiger partial charge in [0.1, 0.15) is 0 Å². The summed E-state index contributed by atoms with van der Waals surface area (Å²) in [5.41, 5.74) is 2.62. The van der Waals surface area contributed by atoms with E-state index in [0.717, 1.165) is 11.1 Å². The van der Waals surface area contributed by atoms with E-state index in [9.17, 15) is 4.79 Å². The molecule has 0 saturated heterocycles. The molecule has 3 heterocycles. The molecule has 0 fully saturated rings. The zero-order chi connectivity index (χ0) is 12.7. The molecule has 0 bridgehead atoms. The van der Waals surface area contributed by atoms with Crippen LogP contribution in [0.1, 0.15) is 0 Å². The quantitative estimate of drug-likeness (QED) is 0.728. The van der Waals surface area contributed by atoms with Gasteiger partial charge in [0.05, 0.1) is 22.3 Å². The highest BCUT2D eigenvalue weighted by molar-refractivity contribution is 6.37. The van der Waals surface area contributed by atoms with Gasteiger partial charge in [-0.2, -0.15) is 5.10 Å². The second kappa shape index (κ2) is 3.96. The topological polar surface area (TPSA) is 63.6 Å². The van der Waals surface area contributed by atoms with Gasteiger partial charge in [-0.3, -0.25) is 14.5 Å². The molecule has 0 spiro atoms. The van der Waals surface area contributed by atoms with Crippen molar-refractivity contribution in [2.75, 3.05) is 0 Å². The second-order valence-electron chi connectivity index (χ2n) is 3.97. The van der Waals surface area contributed by atoms with Gasteiger partial charge in [0, 0.05) is 36.6 Å². The summed E-state index contributed by atoms with van der Waals surface area (Å²) < 4.78 is 1.68. The molecule has 0 aromatic carbocycles. The van der Waals surface area contributed by atoms with Crippen LogP contribution in [0.3, 0.4) is 0 Å². The Hall–Kier alpha value is -2.14. The molecule has 3 aromatic rings. The first-order chi connectivity index (χ1) is 8.65. The van der Waals surface area contributed by atoms with Crippen LogP contribution in [0.2, 0.25) is 5.02 Å². The fourth-order valence-electron chi connectivity index (χ4n) is 1.83. The molecule has 0 unspecified atom stereocenters. The normalized spacial score (nSPS) is 11.0. The van der Waals surface area contributed by atoms with Gasteiger partial charge in [0.25, 0.3) is 0 Å². The van der Waals surface area contributed by atoms with Crippen LogP contribution in [0.4, 0.5) is 0 Å².